The molecule has 1 aromatic carbocycles. The molecular formula is C23H28N4O4. The first-order valence-corrected chi connectivity index (χ1v) is 10.5. The average Bonchev–Trinajstić information content (AvgIpc) is 3.29. The van der Waals surface area contributed by atoms with Crippen LogP contribution in [0.3, 0.4) is 0 Å². The topological polar surface area (TPSA) is 101 Å². The van der Waals surface area contributed by atoms with E-state index in [0.29, 0.717) is 17.3 Å². The fraction of sp³-hybridized carbons (Fsp3) is 0.391. The summed E-state index contributed by atoms with van der Waals surface area (Å²) in [5.74, 6) is 0.276. The van der Waals surface area contributed by atoms with Gasteiger partial charge in [-0.15, -0.1) is 0 Å². The van der Waals surface area contributed by atoms with E-state index in [1.807, 2.05) is 0 Å². The van der Waals surface area contributed by atoms with Crippen LogP contribution in [0.15, 0.2) is 48.7 Å². The number of pyridine rings is 1. The molecule has 1 aromatic heterocycles. The quantitative estimate of drug-likeness (QED) is 0.645. The number of aromatic nitrogens is 1. The van der Waals surface area contributed by atoms with Gasteiger partial charge < -0.3 is 20.3 Å². The zero-order chi connectivity index (χ0) is 22.1. The number of nitrogens with zero attached hydrogens (tertiary/aromatic N) is 2. The van der Waals surface area contributed by atoms with E-state index in [1.54, 1.807) is 55.8 Å². The summed E-state index contributed by atoms with van der Waals surface area (Å²) in [6.45, 7) is -0.0937. The highest BCUT2D eigenvalue weighted by Crippen LogP contribution is 2.21. The molecule has 31 heavy (non-hydrogen) atoms. The first-order chi connectivity index (χ1) is 15.0. The fourth-order valence-corrected chi connectivity index (χ4v) is 3.57. The standard InChI is InChI=1S/C23H28N4O4/c1-31-19-11-9-18(10-12-19)27(16-22(29)25-17-6-2-3-7-17)23(30)14-13-21(28)26-20-8-4-5-15-24-20/h4-5,8-12,15,17H,2-3,6-7,13-14,16H2,1H3,(H,25,29)(H,24,26,28). The van der Waals surface area contributed by atoms with Crippen LogP contribution in [0.25, 0.3) is 0 Å². The third-order valence-corrected chi connectivity index (χ3v) is 5.21. The largest absolute Gasteiger partial charge is 0.497 e. The van der Waals surface area contributed by atoms with Crippen molar-refractivity contribution in [2.24, 2.45) is 0 Å². The summed E-state index contributed by atoms with van der Waals surface area (Å²) in [4.78, 5) is 43.2. The highest BCUT2D eigenvalue weighted by molar-refractivity contribution is 6.01. The summed E-state index contributed by atoms with van der Waals surface area (Å²) >= 11 is 0. The van der Waals surface area contributed by atoms with Crippen molar-refractivity contribution < 1.29 is 19.1 Å². The molecule has 1 saturated carbocycles. The predicted molar refractivity (Wildman–Crippen MR) is 118 cm³/mol. The van der Waals surface area contributed by atoms with Crippen molar-refractivity contribution in [3.8, 4) is 5.75 Å². The molecule has 0 atom stereocenters. The Labute approximate surface area is 182 Å². The molecule has 0 radical (unpaired) electrons. The molecule has 164 valence electrons. The Kier molecular flexibility index (Phi) is 7.98. The third-order valence-electron chi connectivity index (χ3n) is 5.21. The second-order valence-electron chi connectivity index (χ2n) is 7.49. The van der Waals surface area contributed by atoms with Crippen LogP contribution in [0, 0.1) is 0 Å². The molecule has 8 heteroatoms. The van der Waals surface area contributed by atoms with E-state index in [1.165, 1.54) is 4.90 Å². The highest BCUT2D eigenvalue weighted by Gasteiger charge is 2.23. The number of rotatable bonds is 9. The number of anilines is 2. The highest BCUT2D eigenvalue weighted by atomic mass is 16.5. The Morgan fingerprint density at radius 2 is 1.77 bits per heavy atom. The number of hydrogen-bond donors (Lipinski definition) is 2. The number of nitrogens with one attached hydrogen (secondary N) is 2. The smallest absolute Gasteiger partial charge is 0.240 e. The molecule has 1 aliphatic carbocycles. The minimum absolute atomic E-state index is 0.00763. The van der Waals surface area contributed by atoms with Crippen LogP contribution in [0.2, 0.25) is 0 Å². The van der Waals surface area contributed by atoms with E-state index in [4.69, 9.17) is 4.74 Å². The van der Waals surface area contributed by atoms with Crippen molar-refractivity contribution in [1.29, 1.82) is 0 Å². The van der Waals surface area contributed by atoms with E-state index < -0.39 is 0 Å². The molecule has 0 saturated heterocycles. The van der Waals surface area contributed by atoms with E-state index in [-0.39, 0.29) is 43.1 Å². The number of carbonyl (C=O) groups excluding carboxylic acids is 3. The first kappa shape index (κ1) is 22.3. The molecule has 1 aliphatic rings. The van der Waals surface area contributed by atoms with Gasteiger partial charge >= 0.3 is 0 Å². The monoisotopic (exact) mass is 424 g/mol. The maximum atomic E-state index is 12.9. The van der Waals surface area contributed by atoms with Gasteiger partial charge in [-0.05, 0) is 49.2 Å². The van der Waals surface area contributed by atoms with Crippen LogP contribution < -0.4 is 20.3 Å². The number of hydrogen-bond acceptors (Lipinski definition) is 5. The van der Waals surface area contributed by atoms with Crippen molar-refractivity contribution >= 4 is 29.2 Å². The summed E-state index contributed by atoms with van der Waals surface area (Å²) < 4.78 is 5.17. The lowest BCUT2D eigenvalue weighted by molar-refractivity contribution is -0.125. The molecule has 3 rings (SSSR count). The van der Waals surface area contributed by atoms with Gasteiger partial charge in [0.25, 0.3) is 0 Å². The van der Waals surface area contributed by atoms with Crippen molar-refractivity contribution in [3.05, 3.63) is 48.7 Å². The van der Waals surface area contributed by atoms with Crippen LogP contribution in [0.5, 0.6) is 5.75 Å². The van der Waals surface area contributed by atoms with Gasteiger partial charge in [0, 0.05) is 30.8 Å². The number of carbonyl (C=O) groups is 3. The Hall–Kier alpha value is -3.42. The second-order valence-corrected chi connectivity index (χ2v) is 7.49. The van der Waals surface area contributed by atoms with Crippen LogP contribution in [0.4, 0.5) is 11.5 Å². The minimum atomic E-state index is -0.308. The number of benzene rings is 1. The molecule has 0 bridgehead atoms. The predicted octanol–water partition coefficient (Wildman–Crippen LogP) is 2.90. The maximum absolute atomic E-state index is 12.9. The van der Waals surface area contributed by atoms with Crippen molar-refractivity contribution in [2.75, 3.05) is 23.9 Å². The average molecular weight is 425 g/mol. The zero-order valence-corrected chi connectivity index (χ0v) is 17.7. The Balaban J connectivity index is 1.62. The normalized spacial score (nSPS) is 13.5. The molecule has 2 aromatic rings. The summed E-state index contributed by atoms with van der Waals surface area (Å²) in [7, 11) is 1.56. The molecule has 1 fully saturated rings. The van der Waals surface area contributed by atoms with Gasteiger partial charge in [0.1, 0.15) is 18.1 Å². The third kappa shape index (κ3) is 6.80. The van der Waals surface area contributed by atoms with E-state index in [9.17, 15) is 14.4 Å². The molecule has 1 heterocycles. The van der Waals surface area contributed by atoms with Gasteiger partial charge in [-0.3, -0.25) is 14.4 Å². The lowest BCUT2D eigenvalue weighted by Gasteiger charge is -2.23. The van der Waals surface area contributed by atoms with Crippen LogP contribution in [0.1, 0.15) is 38.5 Å². The van der Waals surface area contributed by atoms with Gasteiger partial charge in [-0.1, -0.05) is 18.9 Å². The zero-order valence-electron chi connectivity index (χ0n) is 17.7. The second kappa shape index (κ2) is 11.1. The Morgan fingerprint density at radius 1 is 1.03 bits per heavy atom. The van der Waals surface area contributed by atoms with Crippen molar-refractivity contribution in [2.45, 2.75) is 44.6 Å². The summed E-state index contributed by atoms with van der Waals surface area (Å²) in [6.07, 6.45) is 5.70. The number of ether oxygens (including phenoxy) is 1. The van der Waals surface area contributed by atoms with Gasteiger partial charge in [0.15, 0.2) is 0 Å². The number of amides is 3. The lowest BCUT2D eigenvalue weighted by atomic mass is 10.2. The van der Waals surface area contributed by atoms with Crippen LogP contribution >= 0.6 is 0 Å². The lowest BCUT2D eigenvalue weighted by Crippen LogP contribution is -2.43. The summed E-state index contributed by atoms with van der Waals surface area (Å²) in [6, 6.07) is 12.3. The van der Waals surface area contributed by atoms with E-state index in [0.717, 1.165) is 25.7 Å². The molecule has 0 unspecified atom stereocenters. The summed E-state index contributed by atoms with van der Waals surface area (Å²) in [5.41, 5.74) is 0.581. The minimum Gasteiger partial charge on any atom is -0.497 e. The van der Waals surface area contributed by atoms with Crippen LogP contribution in [-0.4, -0.2) is 42.4 Å². The van der Waals surface area contributed by atoms with Gasteiger partial charge in [-0.2, -0.15) is 0 Å². The fourth-order valence-electron chi connectivity index (χ4n) is 3.57. The molecular weight excluding hydrogens is 396 g/mol. The molecule has 0 aliphatic heterocycles. The van der Waals surface area contributed by atoms with Gasteiger partial charge in [-0.25, -0.2) is 4.98 Å². The first-order valence-electron chi connectivity index (χ1n) is 10.5. The molecule has 2 N–H and O–H groups in total. The van der Waals surface area contributed by atoms with Crippen molar-refractivity contribution in [1.82, 2.24) is 10.3 Å². The Bertz CT molecular complexity index is 880. The number of methoxy groups -OCH3 is 1. The molecule has 8 nitrogen and oxygen atoms in total. The van der Waals surface area contributed by atoms with Gasteiger partial charge in [0.2, 0.25) is 17.7 Å². The Morgan fingerprint density at radius 3 is 2.42 bits per heavy atom. The van der Waals surface area contributed by atoms with E-state index in [2.05, 4.69) is 15.6 Å². The van der Waals surface area contributed by atoms with Crippen molar-refractivity contribution in [3.63, 3.8) is 0 Å². The van der Waals surface area contributed by atoms with Gasteiger partial charge in [0.05, 0.1) is 7.11 Å². The molecule has 0 spiro atoms. The maximum Gasteiger partial charge on any atom is 0.240 e. The SMILES string of the molecule is COc1ccc(N(CC(=O)NC2CCCC2)C(=O)CCC(=O)Nc2ccccn2)cc1. The molecule has 3 amide bonds. The van der Waals surface area contributed by atoms with Crippen LogP contribution in [-0.2, 0) is 14.4 Å². The van der Waals surface area contributed by atoms with E-state index >= 15 is 0 Å². The summed E-state index contributed by atoms with van der Waals surface area (Å²) in [5, 5.41) is 5.67.